The van der Waals surface area contributed by atoms with Crippen molar-refractivity contribution in [1.82, 2.24) is 10.3 Å². The van der Waals surface area contributed by atoms with Crippen molar-refractivity contribution in [2.45, 2.75) is 25.3 Å². The maximum absolute atomic E-state index is 12.3. The molecule has 3 rings (SSSR count). The van der Waals surface area contributed by atoms with Crippen molar-refractivity contribution < 1.29 is 17.9 Å². The third-order valence-electron chi connectivity index (χ3n) is 4.41. The van der Waals surface area contributed by atoms with Crippen LogP contribution in [0.15, 0.2) is 42.6 Å². The quantitative estimate of drug-likeness (QED) is 0.743. The number of carbonyl (C=O) groups excluding carboxylic acids is 1. The number of anilines is 1. The number of rotatable bonds is 6. The molecule has 2 heterocycles. The van der Waals surface area contributed by atoms with Crippen molar-refractivity contribution in [1.29, 1.82) is 0 Å². The van der Waals surface area contributed by atoms with Gasteiger partial charge in [-0.15, -0.1) is 0 Å². The number of nitrogens with zero attached hydrogens (tertiary/aromatic N) is 2. The summed E-state index contributed by atoms with van der Waals surface area (Å²) < 4.78 is 27.7. The summed E-state index contributed by atoms with van der Waals surface area (Å²) >= 11 is 0. The number of nitrogens with two attached hydrogens (primary N) is 1. The number of amides is 1. The van der Waals surface area contributed by atoms with Gasteiger partial charge in [0.2, 0.25) is 10.0 Å². The van der Waals surface area contributed by atoms with Gasteiger partial charge < -0.3 is 15.0 Å². The van der Waals surface area contributed by atoms with Crippen LogP contribution in [0.4, 0.5) is 5.82 Å². The van der Waals surface area contributed by atoms with E-state index in [0.29, 0.717) is 24.3 Å². The van der Waals surface area contributed by atoms with Crippen LogP contribution in [0.2, 0.25) is 0 Å². The van der Waals surface area contributed by atoms with Crippen LogP contribution in [0.3, 0.4) is 0 Å². The largest absolute Gasteiger partial charge is 0.375 e. The highest BCUT2D eigenvalue weighted by atomic mass is 32.2. The van der Waals surface area contributed by atoms with E-state index in [1.807, 2.05) is 19.1 Å². The van der Waals surface area contributed by atoms with Gasteiger partial charge in [-0.25, -0.2) is 18.5 Å². The van der Waals surface area contributed by atoms with E-state index in [0.717, 1.165) is 24.5 Å². The van der Waals surface area contributed by atoms with E-state index in [4.69, 9.17) is 9.88 Å². The minimum absolute atomic E-state index is 0.186. The molecule has 3 N–H and O–H groups in total. The van der Waals surface area contributed by atoms with Gasteiger partial charge in [-0.3, -0.25) is 4.79 Å². The van der Waals surface area contributed by atoms with Crippen LogP contribution < -0.4 is 15.4 Å². The standard InChI is InChI=1S/C19H24N4O4S/c1-14-12-23(8-9-27-14)18-7-4-16(10-21-18)11-22-19(24)17-5-2-15(3-6-17)13-28(20,25)26/h2-7,10,14H,8-9,11-13H2,1H3,(H,22,24)(H2,20,25,26)/t14-/m0/s1. The highest BCUT2D eigenvalue weighted by Gasteiger charge is 2.17. The van der Waals surface area contributed by atoms with Gasteiger partial charge in [-0.1, -0.05) is 18.2 Å². The van der Waals surface area contributed by atoms with Crippen LogP contribution in [0.1, 0.15) is 28.4 Å². The average molecular weight is 404 g/mol. The Labute approximate surface area is 164 Å². The molecule has 0 aliphatic carbocycles. The summed E-state index contributed by atoms with van der Waals surface area (Å²) in [4.78, 5) is 18.9. The molecule has 1 amide bonds. The van der Waals surface area contributed by atoms with Crippen molar-refractivity contribution in [2.24, 2.45) is 5.14 Å². The molecule has 0 spiro atoms. The predicted molar refractivity (Wildman–Crippen MR) is 106 cm³/mol. The molecule has 1 aromatic heterocycles. The van der Waals surface area contributed by atoms with Crippen molar-refractivity contribution >= 4 is 21.7 Å². The fraction of sp³-hybridized carbons (Fsp3) is 0.368. The predicted octanol–water partition coefficient (Wildman–Crippen LogP) is 1.03. The lowest BCUT2D eigenvalue weighted by molar-refractivity contribution is 0.0529. The SMILES string of the molecule is C[C@H]1CN(c2ccc(CNC(=O)c3ccc(CS(N)(=O)=O)cc3)cn2)CCO1. The number of benzene rings is 1. The maximum Gasteiger partial charge on any atom is 0.251 e. The van der Waals surface area contributed by atoms with Gasteiger partial charge in [0, 0.05) is 31.4 Å². The molecule has 1 aromatic carbocycles. The number of primary sulfonamides is 1. The van der Waals surface area contributed by atoms with Gasteiger partial charge in [0.25, 0.3) is 5.91 Å². The Morgan fingerprint density at radius 3 is 2.57 bits per heavy atom. The van der Waals surface area contributed by atoms with Crippen molar-refractivity contribution in [3.05, 3.63) is 59.3 Å². The summed E-state index contributed by atoms with van der Waals surface area (Å²) in [5.41, 5.74) is 1.88. The molecule has 1 atom stereocenters. The van der Waals surface area contributed by atoms with E-state index in [2.05, 4.69) is 15.2 Å². The van der Waals surface area contributed by atoms with E-state index in [1.54, 1.807) is 30.5 Å². The summed E-state index contributed by atoms with van der Waals surface area (Å²) in [6.45, 7) is 4.71. The van der Waals surface area contributed by atoms with E-state index in [1.165, 1.54) is 0 Å². The molecule has 1 aliphatic heterocycles. The molecule has 0 bridgehead atoms. The number of ether oxygens (including phenoxy) is 1. The molecule has 150 valence electrons. The highest BCUT2D eigenvalue weighted by molar-refractivity contribution is 7.88. The summed E-state index contributed by atoms with van der Waals surface area (Å²) in [5, 5.41) is 7.85. The molecule has 1 fully saturated rings. The molecule has 28 heavy (non-hydrogen) atoms. The monoisotopic (exact) mass is 404 g/mol. The molecule has 0 radical (unpaired) electrons. The van der Waals surface area contributed by atoms with Gasteiger partial charge in [0.15, 0.2) is 0 Å². The molecule has 1 aliphatic rings. The number of hydrogen-bond acceptors (Lipinski definition) is 6. The normalized spacial score (nSPS) is 17.4. The summed E-state index contributed by atoms with van der Waals surface area (Å²) in [7, 11) is -3.59. The fourth-order valence-electron chi connectivity index (χ4n) is 3.00. The molecule has 1 saturated heterocycles. The lowest BCUT2D eigenvalue weighted by atomic mass is 10.1. The highest BCUT2D eigenvalue weighted by Crippen LogP contribution is 2.15. The zero-order chi connectivity index (χ0) is 20.1. The third-order valence-corrected chi connectivity index (χ3v) is 5.15. The van der Waals surface area contributed by atoms with Crippen LogP contribution >= 0.6 is 0 Å². The van der Waals surface area contributed by atoms with Crippen LogP contribution in [0.25, 0.3) is 0 Å². The number of morpholine rings is 1. The third kappa shape index (κ3) is 5.75. The Balaban J connectivity index is 1.54. The maximum atomic E-state index is 12.3. The fourth-order valence-corrected chi connectivity index (χ4v) is 3.66. The van der Waals surface area contributed by atoms with Gasteiger partial charge >= 0.3 is 0 Å². The molecule has 8 nitrogen and oxygen atoms in total. The molecular formula is C19H24N4O4S. The van der Waals surface area contributed by atoms with Gasteiger partial charge in [0.1, 0.15) is 5.82 Å². The second-order valence-corrected chi connectivity index (χ2v) is 8.45. The van der Waals surface area contributed by atoms with Gasteiger partial charge in [-0.2, -0.15) is 0 Å². The number of pyridine rings is 1. The lowest BCUT2D eigenvalue weighted by Crippen LogP contribution is -2.41. The van der Waals surface area contributed by atoms with E-state index in [9.17, 15) is 13.2 Å². The van der Waals surface area contributed by atoms with Crippen molar-refractivity contribution in [3.63, 3.8) is 0 Å². The van der Waals surface area contributed by atoms with Gasteiger partial charge in [0.05, 0.1) is 18.5 Å². The second kappa shape index (κ2) is 8.68. The minimum atomic E-state index is -3.59. The van der Waals surface area contributed by atoms with E-state index >= 15 is 0 Å². The molecule has 9 heteroatoms. The first kappa shape index (κ1) is 20.2. The Kier molecular flexibility index (Phi) is 6.28. The molecule has 0 saturated carbocycles. The lowest BCUT2D eigenvalue weighted by Gasteiger charge is -2.32. The summed E-state index contributed by atoms with van der Waals surface area (Å²) in [5.74, 6) is 0.401. The molecule has 0 unspecified atom stereocenters. The van der Waals surface area contributed by atoms with Crippen LogP contribution in [0, 0.1) is 0 Å². The molecular weight excluding hydrogens is 380 g/mol. The smallest absolute Gasteiger partial charge is 0.251 e. The van der Waals surface area contributed by atoms with Crippen molar-refractivity contribution in [2.75, 3.05) is 24.6 Å². The van der Waals surface area contributed by atoms with E-state index in [-0.39, 0.29) is 17.8 Å². The Morgan fingerprint density at radius 2 is 1.96 bits per heavy atom. The number of hydrogen-bond donors (Lipinski definition) is 2. The van der Waals surface area contributed by atoms with Crippen molar-refractivity contribution in [3.8, 4) is 0 Å². The topological polar surface area (TPSA) is 115 Å². The first-order valence-electron chi connectivity index (χ1n) is 8.99. The number of carbonyl (C=O) groups is 1. The molecule has 2 aromatic rings. The van der Waals surface area contributed by atoms with Crippen LogP contribution in [-0.2, 0) is 27.1 Å². The first-order valence-corrected chi connectivity index (χ1v) is 10.7. The zero-order valence-corrected chi connectivity index (χ0v) is 16.5. The van der Waals surface area contributed by atoms with Gasteiger partial charge in [-0.05, 0) is 36.2 Å². The summed E-state index contributed by atoms with van der Waals surface area (Å²) in [6, 6.07) is 10.2. The second-order valence-electron chi connectivity index (χ2n) is 6.84. The number of nitrogens with one attached hydrogen (secondary N) is 1. The summed E-state index contributed by atoms with van der Waals surface area (Å²) in [6.07, 6.45) is 1.94. The zero-order valence-electron chi connectivity index (χ0n) is 15.7. The minimum Gasteiger partial charge on any atom is -0.375 e. The Morgan fingerprint density at radius 1 is 1.25 bits per heavy atom. The van der Waals surface area contributed by atoms with E-state index < -0.39 is 10.0 Å². The Hall–Kier alpha value is -2.49. The van der Waals surface area contributed by atoms with Crippen LogP contribution in [0.5, 0.6) is 0 Å². The van der Waals surface area contributed by atoms with Crippen LogP contribution in [-0.4, -0.2) is 45.1 Å². The first-order chi connectivity index (χ1) is 13.3. The average Bonchev–Trinajstić information content (AvgIpc) is 2.66. The number of aromatic nitrogens is 1. The Bertz CT molecular complexity index is 914. The number of sulfonamides is 1.